The summed E-state index contributed by atoms with van der Waals surface area (Å²) in [5, 5.41) is 9.37. The number of likely N-dealkylation sites (N-methyl/N-ethyl adjacent to an activating group) is 1. The van der Waals surface area contributed by atoms with Gasteiger partial charge in [-0.2, -0.15) is 0 Å². The number of aliphatic hydroxyl groups excluding tert-OH is 1. The minimum atomic E-state index is -0.273. The molecule has 2 rings (SSSR count). The number of amides is 1. The Labute approximate surface area is 102 Å². The lowest BCUT2D eigenvalue weighted by molar-refractivity contribution is -0.142. The Morgan fingerprint density at radius 3 is 2.82 bits per heavy atom. The van der Waals surface area contributed by atoms with Crippen LogP contribution in [0.3, 0.4) is 0 Å². The molecule has 2 heterocycles. The van der Waals surface area contributed by atoms with Crippen molar-refractivity contribution in [3.8, 4) is 0 Å². The first-order chi connectivity index (χ1) is 8.13. The van der Waals surface area contributed by atoms with Crippen LogP contribution in [0.15, 0.2) is 0 Å². The van der Waals surface area contributed by atoms with Crippen LogP contribution >= 0.6 is 0 Å². The lowest BCUT2D eigenvalue weighted by atomic mass is 10.1. The van der Waals surface area contributed by atoms with Crippen molar-refractivity contribution >= 4 is 5.91 Å². The van der Waals surface area contributed by atoms with Gasteiger partial charge in [-0.3, -0.25) is 4.79 Å². The molecule has 0 bridgehead atoms. The molecule has 0 aromatic carbocycles. The largest absolute Gasteiger partial charge is 0.394 e. The quantitative estimate of drug-likeness (QED) is 0.737. The fourth-order valence-electron chi connectivity index (χ4n) is 2.67. The number of hydrogen-bond acceptors (Lipinski definition) is 4. The highest BCUT2D eigenvalue weighted by atomic mass is 16.5. The molecule has 2 fully saturated rings. The SMILES string of the molecule is CN(C)[C@@H]1C[C@@H](CO)N(C(=O)[C@@H]2CCCO2)C1. The molecule has 5 heteroatoms. The van der Waals surface area contributed by atoms with Gasteiger partial charge in [0.1, 0.15) is 6.10 Å². The van der Waals surface area contributed by atoms with Crippen LogP contribution in [0, 0.1) is 0 Å². The summed E-state index contributed by atoms with van der Waals surface area (Å²) in [5.74, 6) is 0.0610. The lowest BCUT2D eigenvalue weighted by Crippen LogP contribution is -2.44. The smallest absolute Gasteiger partial charge is 0.252 e. The van der Waals surface area contributed by atoms with Crippen molar-refractivity contribution in [1.82, 2.24) is 9.80 Å². The monoisotopic (exact) mass is 242 g/mol. The molecule has 2 aliphatic rings. The van der Waals surface area contributed by atoms with E-state index in [0.717, 1.165) is 19.3 Å². The van der Waals surface area contributed by atoms with Gasteiger partial charge in [-0.1, -0.05) is 0 Å². The van der Waals surface area contributed by atoms with Gasteiger partial charge >= 0.3 is 0 Å². The Morgan fingerprint density at radius 2 is 2.29 bits per heavy atom. The van der Waals surface area contributed by atoms with Gasteiger partial charge < -0.3 is 19.6 Å². The summed E-state index contributed by atoms with van der Waals surface area (Å²) in [4.78, 5) is 16.2. The number of carbonyl (C=O) groups is 1. The van der Waals surface area contributed by atoms with Crippen LogP contribution in [0.25, 0.3) is 0 Å². The Kier molecular flexibility index (Phi) is 4.01. The van der Waals surface area contributed by atoms with Crippen LogP contribution < -0.4 is 0 Å². The molecule has 17 heavy (non-hydrogen) atoms. The topological polar surface area (TPSA) is 53.0 Å². The molecule has 1 amide bonds. The minimum Gasteiger partial charge on any atom is -0.394 e. The fraction of sp³-hybridized carbons (Fsp3) is 0.917. The van der Waals surface area contributed by atoms with Gasteiger partial charge in [-0.15, -0.1) is 0 Å². The van der Waals surface area contributed by atoms with E-state index in [4.69, 9.17) is 4.74 Å². The van der Waals surface area contributed by atoms with E-state index >= 15 is 0 Å². The van der Waals surface area contributed by atoms with Crippen molar-refractivity contribution < 1.29 is 14.6 Å². The second-order valence-electron chi connectivity index (χ2n) is 5.18. The number of carbonyl (C=O) groups excluding carboxylic acids is 1. The Hall–Kier alpha value is -0.650. The summed E-state index contributed by atoms with van der Waals surface area (Å²) in [6.45, 7) is 1.44. The van der Waals surface area contributed by atoms with Gasteiger partial charge in [-0.05, 0) is 33.4 Å². The summed E-state index contributed by atoms with van der Waals surface area (Å²) in [7, 11) is 4.03. The average molecular weight is 242 g/mol. The average Bonchev–Trinajstić information content (AvgIpc) is 2.97. The number of hydrogen-bond donors (Lipinski definition) is 1. The molecule has 0 aromatic heterocycles. The highest BCUT2D eigenvalue weighted by Crippen LogP contribution is 2.24. The molecule has 5 nitrogen and oxygen atoms in total. The van der Waals surface area contributed by atoms with E-state index in [-0.39, 0.29) is 24.7 Å². The molecule has 0 spiro atoms. The minimum absolute atomic E-state index is 0.0425. The van der Waals surface area contributed by atoms with Gasteiger partial charge in [0.05, 0.1) is 12.6 Å². The van der Waals surface area contributed by atoms with Crippen molar-refractivity contribution in [2.45, 2.75) is 37.5 Å². The molecule has 0 saturated carbocycles. The fourth-order valence-corrected chi connectivity index (χ4v) is 2.67. The van der Waals surface area contributed by atoms with Crippen molar-refractivity contribution in [3.05, 3.63) is 0 Å². The van der Waals surface area contributed by atoms with Gasteiger partial charge in [0.25, 0.3) is 5.91 Å². The number of rotatable bonds is 3. The molecule has 1 N–H and O–H groups in total. The molecule has 0 aliphatic carbocycles. The highest BCUT2D eigenvalue weighted by molar-refractivity contribution is 5.81. The van der Waals surface area contributed by atoms with Crippen LogP contribution in [0.5, 0.6) is 0 Å². The van der Waals surface area contributed by atoms with E-state index in [1.54, 1.807) is 4.90 Å². The normalized spacial score (nSPS) is 33.6. The van der Waals surface area contributed by atoms with Crippen LogP contribution in [0.4, 0.5) is 0 Å². The van der Waals surface area contributed by atoms with E-state index in [1.165, 1.54) is 0 Å². The van der Waals surface area contributed by atoms with Gasteiger partial charge in [-0.25, -0.2) is 0 Å². The first-order valence-corrected chi connectivity index (χ1v) is 6.33. The van der Waals surface area contributed by atoms with Crippen LogP contribution in [0.2, 0.25) is 0 Å². The molecule has 2 aliphatic heterocycles. The summed E-state index contributed by atoms with van der Waals surface area (Å²) in [5.41, 5.74) is 0. The van der Waals surface area contributed by atoms with E-state index in [1.807, 2.05) is 14.1 Å². The standard InChI is InChI=1S/C12H22N2O3/c1-13(2)9-6-10(8-15)14(7-9)12(16)11-4-3-5-17-11/h9-11,15H,3-8H2,1-2H3/t9-,10+,11+/m1/s1. The summed E-state index contributed by atoms with van der Waals surface area (Å²) in [6, 6.07) is 0.302. The van der Waals surface area contributed by atoms with E-state index in [9.17, 15) is 9.90 Å². The van der Waals surface area contributed by atoms with Crippen molar-refractivity contribution in [1.29, 1.82) is 0 Å². The third-order valence-electron chi connectivity index (χ3n) is 3.82. The van der Waals surface area contributed by atoms with Crippen molar-refractivity contribution in [2.24, 2.45) is 0 Å². The maximum atomic E-state index is 12.3. The lowest BCUT2D eigenvalue weighted by Gasteiger charge is -2.25. The van der Waals surface area contributed by atoms with E-state index in [0.29, 0.717) is 19.2 Å². The number of ether oxygens (including phenoxy) is 1. The Balaban J connectivity index is 2.00. The maximum Gasteiger partial charge on any atom is 0.252 e. The summed E-state index contributed by atoms with van der Waals surface area (Å²) in [6.07, 6.45) is 2.36. The first kappa shape index (κ1) is 12.8. The van der Waals surface area contributed by atoms with E-state index in [2.05, 4.69) is 4.90 Å². The second-order valence-corrected chi connectivity index (χ2v) is 5.18. The molecule has 3 atom stereocenters. The third-order valence-corrected chi connectivity index (χ3v) is 3.82. The van der Waals surface area contributed by atoms with Crippen LogP contribution in [0.1, 0.15) is 19.3 Å². The van der Waals surface area contributed by atoms with Gasteiger partial charge in [0, 0.05) is 19.2 Å². The molecule has 0 aromatic rings. The predicted octanol–water partition coefficient (Wildman–Crippen LogP) is -0.311. The molecular formula is C12H22N2O3. The van der Waals surface area contributed by atoms with Crippen LogP contribution in [-0.2, 0) is 9.53 Å². The zero-order chi connectivity index (χ0) is 12.4. The first-order valence-electron chi connectivity index (χ1n) is 6.33. The van der Waals surface area contributed by atoms with Gasteiger partial charge in [0.2, 0.25) is 0 Å². The number of likely N-dealkylation sites (tertiary alicyclic amines) is 1. The highest BCUT2D eigenvalue weighted by Gasteiger charge is 2.39. The Morgan fingerprint density at radius 1 is 1.53 bits per heavy atom. The maximum absolute atomic E-state index is 12.3. The Bertz CT molecular complexity index is 277. The zero-order valence-electron chi connectivity index (χ0n) is 10.6. The van der Waals surface area contributed by atoms with E-state index < -0.39 is 0 Å². The molecule has 0 unspecified atom stereocenters. The van der Waals surface area contributed by atoms with Crippen molar-refractivity contribution in [2.75, 3.05) is 33.9 Å². The van der Waals surface area contributed by atoms with Crippen LogP contribution in [-0.4, -0.2) is 72.9 Å². The third kappa shape index (κ3) is 2.61. The molecule has 2 saturated heterocycles. The zero-order valence-corrected chi connectivity index (χ0v) is 10.6. The van der Waals surface area contributed by atoms with Gasteiger partial charge in [0.15, 0.2) is 0 Å². The molecular weight excluding hydrogens is 220 g/mol. The summed E-state index contributed by atoms with van der Waals surface area (Å²) >= 11 is 0. The molecule has 98 valence electrons. The summed E-state index contributed by atoms with van der Waals surface area (Å²) < 4.78 is 5.43. The number of nitrogens with zero attached hydrogens (tertiary/aromatic N) is 2. The van der Waals surface area contributed by atoms with Crippen molar-refractivity contribution in [3.63, 3.8) is 0 Å². The predicted molar refractivity (Wildman–Crippen MR) is 63.7 cm³/mol. The molecule has 0 radical (unpaired) electrons. The number of aliphatic hydroxyl groups is 1. The second kappa shape index (κ2) is 5.33.